The Labute approximate surface area is 230 Å². The molecule has 0 saturated carbocycles. The number of ether oxygens (including phenoxy) is 3. The number of aromatic nitrogens is 4. The lowest BCUT2D eigenvalue weighted by Crippen LogP contribution is -2.30. The first-order valence-corrected chi connectivity index (χ1v) is 12.9. The lowest BCUT2D eigenvalue weighted by atomic mass is 9.84. The molecule has 3 rings (SSSR count). The maximum Gasteiger partial charge on any atom is 0.408 e. The van der Waals surface area contributed by atoms with Crippen molar-refractivity contribution in [3.8, 4) is 17.4 Å². The Balaban J connectivity index is 2.17. The molecule has 0 fully saturated rings. The fourth-order valence-corrected chi connectivity index (χ4v) is 4.03. The van der Waals surface area contributed by atoms with Crippen molar-refractivity contribution in [1.29, 1.82) is 0 Å². The molecule has 10 nitrogen and oxygen atoms in total. The summed E-state index contributed by atoms with van der Waals surface area (Å²) in [6, 6.07) is 3.21. The van der Waals surface area contributed by atoms with E-state index in [0.29, 0.717) is 41.2 Å². The van der Waals surface area contributed by atoms with Crippen LogP contribution in [-0.2, 0) is 12.0 Å². The summed E-state index contributed by atoms with van der Waals surface area (Å²) >= 11 is 0. The minimum Gasteiger partial charge on any atom is -0.493 e. The summed E-state index contributed by atoms with van der Waals surface area (Å²) in [6.07, 6.45) is -4.20. The maximum atomic E-state index is 13.6. The summed E-state index contributed by atoms with van der Waals surface area (Å²) in [4.78, 5) is 17.3. The predicted molar refractivity (Wildman–Crippen MR) is 141 cm³/mol. The lowest BCUT2D eigenvalue weighted by Gasteiger charge is -2.25. The van der Waals surface area contributed by atoms with Gasteiger partial charge in [-0.2, -0.15) is 17.7 Å². The molecule has 0 spiro atoms. The van der Waals surface area contributed by atoms with Crippen molar-refractivity contribution in [3.05, 3.63) is 40.0 Å². The minimum absolute atomic E-state index is 0.0697. The van der Waals surface area contributed by atoms with E-state index in [9.17, 15) is 18.0 Å². The normalized spacial score (nSPS) is 12.7. The minimum atomic E-state index is -4.58. The number of fused-ring (bicyclic) bond motifs is 1. The van der Waals surface area contributed by atoms with Crippen LogP contribution in [0.15, 0.2) is 17.1 Å². The average Bonchev–Trinajstić information content (AvgIpc) is 3.21. The van der Waals surface area contributed by atoms with Crippen LogP contribution < -0.4 is 19.8 Å². The molecule has 1 aromatic carbocycles. The molecule has 2 heterocycles. The Hall–Kier alpha value is -3.61. The third-order valence-corrected chi connectivity index (χ3v) is 6.17. The van der Waals surface area contributed by atoms with Crippen molar-refractivity contribution >= 4 is 11.4 Å². The maximum absolute atomic E-state index is 13.6. The van der Waals surface area contributed by atoms with E-state index in [0.717, 1.165) is 4.68 Å². The Morgan fingerprint density at radius 1 is 1.10 bits per heavy atom. The Bertz CT molecular complexity index is 1440. The number of aliphatic hydroxyl groups excluding tert-OH is 1. The zero-order valence-electron chi connectivity index (χ0n) is 23.8. The van der Waals surface area contributed by atoms with E-state index in [4.69, 9.17) is 19.3 Å². The molecule has 13 heteroatoms. The van der Waals surface area contributed by atoms with Crippen molar-refractivity contribution in [2.75, 3.05) is 33.5 Å². The quantitative estimate of drug-likeness (QED) is 0.276. The molecule has 0 amide bonds. The highest BCUT2D eigenvalue weighted by molar-refractivity contribution is 5.97. The first kappa shape index (κ1) is 30.9. The Morgan fingerprint density at radius 2 is 1.80 bits per heavy atom. The molecule has 1 N–H and O–H groups in total. The van der Waals surface area contributed by atoms with Crippen LogP contribution in [0.5, 0.6) is 17.4 Å². The molecule has 0 aliphatic carbocycles. The highest BCUT2D eigenvalue weighted by atomic mass is 19.4. The topological polar surface area (TPSA) is 112 Å². The van der Waals surface area contributed by atoms with Crippen LogP contribution in [0.25, 0.3) is 5.65 Å². The first-order chi connectivity index (χ1) is 18.7. The smallest absolute Gasteiger partial charge is 0.408 e. The number of methoxy groups -OCH3 is 1. The Morgan fingerprint density at radius 3 is 2.38 bits per heavy atom. The molecule has 2 aromatic heterocycles. The number of Topliss-reactive ketones (excluding diaryl/α,β-unsaturated/α-hetero) is 1. The highest BCUT2D eigenvalue weighted by Gasteiger charge is 2.28. The number of benzene rings is 1. The van der Waals surface area contributed by atoms with Gasteiger partial charge in [0.1, 0.15) is 13.1 Å². The van der Waals surface area contributed by atoms with Gasteiger partial charge in [0.05, 0.1) is 20.3 Å². The summed E-state index contributed by atoms with van der Waals surface area (Å²) in [7, 11) is 1.50. The van der Waals surface area contributed by atoms with Crippen LogP contribution in [0.3, 0.4) is 0 Å². The molecule has 0 aliphatic rings. The molecule has 40 heavy (non-hydrogen) atoms. The van der Waals surface area contributed by atoms with E-state index in [1.165, 1.54) is 17.7 Å². The molecular formula is C27H36F3N5O5. The van der Waals surface area contributed by atoms with Crippen LogP contribution >= 0.6 is 0 Å². The molecule has 0 saturated heterocycles. The molecule has 3 aromatic rings. The van der Waals surface area contributed by atoms with Gasteiger partial charge in [0, 0.05) is 35.3 Å². The average molecular weight is 568 g/mol. The molecule has 0 bridgehead atoms. The van der Waals surface area contributed by atoms with Gasteiger partial charge in [-0.25, -0.2) is 9.67 Å². The third-order valence-electron chi connectivity index (χ3n) is 6.17. The van der Waals surface area contributed by atoms with Gasteiger partial charge in [-0.3, -0.25) is 4.79 Å². The molecule has 0 radical (unpaired) electrons. The molecular weight excluding hydrogens is 531 g/mol. The van der Waals surface area contributed by atoms with Gasteiger partial charge in [-0.15, -0.1) is 10.2 Å². The molecule has 220 valence electrons. The van der Waals surface area contributed by atoms with E-state index in [1.807, 2.05) is 20.8 Å². The largest absolute Gasteiger partial charge is 0.493 e. The third kappa shape index (κ3) is 6.93. The van der Waals surface area contributed by atoms with Gasteiger partial charge in [0.2, 0.25) is 11.5 Å². The van der Waals surface area contributed by atoms with Crippen molar-refractivity contribution < 1.29 is 37.3 Å². The number of aliphatic hydroxyl groups is 1. The molecule has 0 aliphatic heterocycles. The highest BCUT2D eigenvalue weighted by Crippen LogP contribution is 2.40. The predicted octanol–water partition coefficient (Wildman–Crippen LogP) is 3.96. The van der Waals surface area contributed by atoms with Crippen LogP contribution in [-0.4, -0.2) is 69.9 Å². The second-order valence-electron chi connectivity index (χ2n) is 10.3. The summed E-state index contributed by atoms with van der Waals surface area (Å²) in [5.74, 6) is 0.586. The van der Waals surface area contributed by atoms with Crippen LogP contribution in [0.2, 0.25) is 0 Å². The van der Waals surface area contributed by atoms with E-state index < -0.39 is 30.5 Å². The van der Waals surface area contributed by atoms with E-state index in [2.05, 4.69) is 15.2 Å². The van der Waals surface area contributed by atoms with E-state index in [1.54, 1.807) is 26.8 Å². The number of carbonyl (C=O) groups is 1. The number of nitrogens with zero attached hydrogens (tertiary/aromatic N) is 5. The fraction of sp³-hybridized carbons (Fsp3) is 0.556. The van der Waals surface area contributed by atoms with Crippen LogP contribution in [0, 0.1) is 13.8 Å². The van der Waals surface area contributed by atoms with Gasteiger partial charge < -0.3 is 19.3 Å². The number of alkyl halides is 3. The monoisotopic (exact) mass is 567 g/mol. The number of aryl methyl sites for hydroxylation is 1. The first-order valence-electron chi connectivity index (χ1n) is 12.9. The molecule has 0 atom stereocenters. The fourth-order valence-electron chi connectivity index (χ4n) is 4.03. The van der Waals surface area contributed by atoms with Gasteiger partial charge in [-0.1, -0.05) is 20.8 Å². The van der Waals surface area contributed by atoms with Crippen molar-refractivity contribution in [2.45, 2.75) is 66.1 Å². The van der Waals surface area contributed by atoms with Gasteiger partial charge in [0.15, 0.2) is 22.9 Å². The summed E-state index contributed by atoms with van der Waals surface area (Å²) in [6.45, 7) is 9.69. The zero-order chi connectivity index (χ0) is 29.8. The van der Waals surface area contributed by atoms with E-state index >= 15 is 0 Å². The van der Waals surface area contributed by atoms with Crippen molar-refractivity contribution in [1.82, 2.24) is 19.4 Å². The molecule has 0 unspecified atom stereocenters. The SMILES string of the molecule is CCOc1nn2c(=NCC(F)(F)F)n(CC(=O)c3cc(OCCCO)c(OC)c(C(C)(C)C)c3)nc2c(C)c1C. The number of rotatable bonds is 11. The number of hydrogen-bond acceptors (Lipinski definition) is 8. The summed E-state index contributed by atoms with van der Waals surface area (Å²) < 4.78 is 58.8. The zero-order valence-corrected chi connectivity index (χ0v) is 23.8. The summed E-state index contributed by atoms with van der Waals surface area (Å²) in [5.41, 5.74) is 1.85. The number of halogens is 3. The van der Waals surface area contributed by atoms with Crippen LogP contribution in [0.1, 0.15) is 61.2 Å². The summed E-state index contributed by atoms with van der Waals surface area (Å²) in [5, 5.41) is 17.9. The second kappa shape index (κ2) is 12.3. The van der Waals surface area contributed by atoms with Gasteiger partial charge >= 0.3 is 6.18 Å². The standard InChI is InChI=1S/C27H36F3N5O5/c1-8-39-24-17(3)16(2)23-32-34(25(35(23)33-24)31-15-27(28,29)30)14-20(37)18-12-19(26(4,5)6)22(38-7)21(13-18)40-11-9-10-36/h12-13,36H,8-11,14-15H2,1-7H3. The van der Waals surface area contributed by atoms with Gasteiger partial charge in [-0.05, 0) is 38.3 Å². The number of ketones is 1. The van der Waals surface area contributed by atoms with Crippen molar-refractivity contribution in [2.24, 2.45) is 4.99 Å². The number of hydrogen-bond donors (Lipinski definition) is 1. The Kier molecular flexibility index (Phi) is 9.49. The van der Waals surface area contributed by atoms with Crippen LogP contribution in [0.4, 0.5) is 13.2 Å². The van der Waals surface area contributed by atoms with Crippen molar-refractivity contribution in [3.63, 3.8) is 0 Å². The lowest BCUT2D eigenvalue weighted by molar-refractivity contribution is -0.118. The number of carbonyl (C=O) groups excluding carboxylic acids is 1. The second-order valence-corrected chi connectivity index (χ2v) is 10.3. The van der Waals surface area contributed by atoms with Gasteiger partial charge in [0.25, 0.3) is 0 Å². The van der Waals surface area contributed by atoms with E-state index in [-0.39, 0.29) is 35.9 Å².